The zero-order chi connectivity index (χ0) is 9.68. The number of rotatable bonds is 2. The Labute approximate surface area is 82.1 Å². The van der Waals surface area contributed by atoms with Gasteiger partial charge in [0.15, 0.2) is 0 Å². The Morgan fingerprint density at radius 3 is 2.85 bits per heavy atom. The van der Waals surface area contributed by atoms with Crippen LogP contribution in [0.5, 0.6) is 0 Å². The minimum atomic E-state index is 0.521. The Balaban J connectivity index is 3.15. The standard InChI is InChI=1S/C10H10N2S/c1-13-10-5-3-2-4-8(10)9(12)6-7-11/h2-6H,12H2,1H3. The molecule has 2 nitrogen and oxygen atoms in total. The van der Waals surface area contributed by atoms with Gasteiger partial charge in [0.1, 0.15) is 0 Å². The predicted molar refractivity (Wildman–Crippen MR) is 56.0 cm³/mol. The molecule has 0 saturated heterocycles. The molecule has 0 aromatic heterocycles. The normalized spacial score (nSPS) is 10.9. The Morgan fingerprint density at radius 2 is 2.23 bits per heavy atom. The van der Waals surface area contributed by atoms with Crippen molar-refractivity contribution in [3.63, 3.8) is 0 Å². The fourth-order valence-electron chi connectivity index (χ4n) is 1.03. The van der Waals surface area contributed by atoms with Crippen molar-refractivity contribution in [3.8, 4) is 6.07 Å². The monoisotopic (exact) mass is 190 g/mol. The first kappa shape index (κ1) is 9.69. The maximum Gasteiger partial charge on any atom is 0.0933 e. The third kappa shape index (κ3) is 2.27. The fraction of sp³-hybridized carbons (Fsp3) is 0.100. The summed E-state index contributed by atoms with van der Waals surface area (Å²) < 4.78 is 0. The largest absolute Gasteiger partial charge is 0.398 e. The van der Waals surface area contributed by atoms with Crippen molar-refractivity contribution in [2.45, 2.75) is 4.90 Å². The van der Waals surface area contributed by atoms with Gasteiger partial charge in [-0.05, 0) is 12.3 Å². The molecule has 66 valence electrons. The van der Waals surface area contributed by atoms with E-state index in [1.807, 2.05) is 36.6 Å². The van der Waals surface area contributed by atoms with Crippen molar-refractivity contribution in [3.05, 3.63) is 35.9 Å². The molecule has 0 spiro atoms. The Morgan fingerprint density at radius 1 is 1.54 bits per heavy atom. The minimum absolute atomic E-state index is 0.521. The van der Waals surface area contributed by atoms with Crippen molar-refractivity contribution in [2.24, 2.45) is 5.73 Å². The molecule has 0 bridgehead atoms. The molecule has 13 heavy (non-hydrogen) atoms. The second-order valence-electron chi connectivity index (χ2n) is 2.43. The van der Waals surface area contributed by atoms with E-state index < -0.39 is 0 Å². The topological polar surface area (TPSA) is 49.8 Å². The van der Waals surface area contributed by atoms with E-state index in [-0.39, 0.29) is 0 Å². The van der Waals surface area contributed by atoms with Crippen LogP contribution in [0.1, 0.15) is 5.56 Å². The molecule has 0 aliphatic rings. The number of nitrogens with two attached hydrogens (primary N) is 1. The molecule has 0 saturated carbocycles. The first-order chi connectivity index (χ1) is 6.29. The number of hydrogen-bond donors (Lipinski definition) is 1. The highest BCUT2D eigenvalue weighted by atomic mass is 32.2. The molecule has 0 heterocycles. The van der Waals surface area contributed by atoms with Gasteiger partial charge in [-0.15, -0.1) is 11.8 Å². The van der Waals surface area contributed by atoms with Crippen molar-refractivity contribution in [1.82, 2.24) is 0 Å². The summed E-state index contributed by atoms with van der Waals surface area (Å²) in [6.45, 7) is 0. The summed E-state index contributed by atoms with van der Waals surface area (Å²) in [5.74, 6) is 0. The van der Waals surface area contributed by atoms with E-state index in [9.17, 15) is 0 Å². The van der Waals surface area contributed by atoms with Crippen molar-refractivity contribution in [1.29, 1.82) is 5.26 Å². The van der Waals surface area contributed by atoms with Crippen LogP contribution < -0.4 is 5.73 Å². The average Bonchev–Trinajstić information content (AvgIpc) is 2.18. The molecule has 0 amide bonds. The molecule has 0 aliphatic carbocycles. The number of nitriles is 1. The molecule has 0 aliphatic heterocycles. The van der Waals surface area contributed by atoms with E-state index in [0.29, 0.717) is 5.70 Å². The van der Waals surface area contributed by atoms with Crippen molar-refractivity contribution < 1.29 is 0 Å². The van der Waals surface area contributed by atoms with Gasteiger partial charge in [0.25, 0.3) is 0 Å². The van der Waals surface area contributed by atoms with Crippen molar-refractivity contribution >= 4 is 17.5 Å². The molecule has 1 aromatic carbocycles. The number of nitrogens with zero attached hydrogens (tertiary/aromatic N) is 1. The lowest BCUT2D eigenvalue weighted by molar-refractivity contribution is 1.36. The van der Waals surface area contributed by atoms with Crippen LogP contribution in [0.2, 0.25) is 0 Å². The van der Waals surface area contributed by atoms with Gasteiger partial charge in [-0.1, -0.05) is 18.2 Å². The summed E-state index contributed by atoms with van der Waals surface area (Å²) in [6, 6.07) is 9.68. The van der Waals surface area contributed by atoms with Gasteiger partial charge in [-0.3, -0.25) is 0 Å². The van der Waals surface area contributed by atoms with Gasteiger partial charge in [0, 0.05) is 16.5 Å². The van der Waals surface area contributed by atoms with Gasteiger partial charge < -0.3 is 5.73 Å². The van der Waals surface area contributed by atoms with Gasteiger partial charge in [0.05, 0.1) is 11.8 Å². The molecule has 0 fully saturated rings. The second kappa shape index (κ2) is 4.58. The summed E-state index contributed by atoms with van der Waals surface area (Å²) >= 11 is 1.62. The number of benzene rings is 1. The maximum absolute atomic E-state index is 8.45. The molecule has 1 aromatic rings. The zero-order valence-electron chi connectivity index (χ0n) is 7.32. The van der Waals surface area contributed by atoms with E-state index in [0.717, 1.165) is 10.5 Å². The van der Waals surface area contributed by atoms with Gasteiger partial charge in [0.2, 0.25) is 0 Å². The molecular weight excluding hydrogens is 180 g/mol. The summed E-state index contributed by atoms with van der Waals surface area (Å²) in [4.78, 5) is 1.09. The molecular formula is C10H10N2S. The van der Waals surface area contributed by atoms with Crippen LogP contribution in [0.15, 0.2) is 35.2 Å². The van der Waals surface area contributed by atoms with Crippen molar-refractivity contribution in [2.75, 3.05) is 6.26 Å². The van der Waals surface area contributed by atoms with Crippen LogP contribution >= 0.6 is 11.8 Å². The third-order valence-corrected chi connectivity index (χ3v) is 2.43. The lowest BCUT2D eigenvalue weighted by Gasteiger charge is -2.05. The van der Waals surface area contributed by atoms with E-state index in [1.54, 1.807) is 11.8 Å². The number of allylic oxidation sites excluding steroid dienone is 1. The third-order valence-electron chi connectivity index (χ3n) is 1.64. The Hall–Kier alpha value is -1.40. The molecule has 0 atom stereocenters. The molecule has 1 rings (SSSR count). The molecule has 0 unspecified atom stereocenters. The van der Waals surface area contributed by atoms with Crippen LogP contribution in [-0.2, 0) is 0 Å². The van der Waals surface area contributed by atoms with Gasteiger partial charge in [-0.2, -0.15) is 5.26 Å². The fourth-order valence-corrected chi connectivity index (χ4v) is 1.65. The first-order valence-corrected chi connectivity index (χ1v) is 5.00. The van der Waals surface area contributed by atoms with Gasteiger partial charge in [-0.25, -0.2) is 0 Å². The van der Waals surface area contributed by atoms with Crippen LogP contribution in [0.25, 0.3) is 5.70 Å². The van der Waals surface area contributed by atoms with E-state index in [1.165, 1.54) is 6.08 Å². The molecule has 0 radical (unpaired) electrons. The SMILES string of the molecule is CSc1ccccc1C(N)=CC#N. The second-order valence-corrected chi connectivity index (χ2v) is 3.28. The summed E-state index contributed by atoms with van der Waals surface area (Å²) in [5.41, 5.74) is 7.16. The summed E-state index contributed by atoms with van der Waals surface area (Å²) in [6.07, 6.45) is 3.34. The average molecular weight is 190 g/mol. The predicted octanol–water partition coefficient (Wildman–Crippen LogP) is 2.23. The quantitative estimate of drug-likeness (QED) is 0.574. The first-order valence-electron chi connectivity index (χ1n) is 3.78. The van der Waals surface area contributed by atoms with Crippen LogP contribution in [-0.4, -0.2) is 6.26 Å². The van der Waals surface area contributed by atoms with E-state index in [2.05, 4.69) is 0 Å². The molecule has 2 N–H and O–H groups in total. The maximum atomic E-state index is 8.45. The smallest absolute Gasteiger partial charge is 0.0933 e. The highest BCUT2D eigenvalue weighted by Crippen LogP contribution is 2.23. The minimum Gasteiger partial charge on any atom is -0.398 e. The van der Waals surface area contributed by atoms with Crippen LogP contribution in [0.3, 0.4) is 0 Å². The molecule has 3 heteroatoms. The highest BCUT2D eigenvalue weighted by Gasteiger charge is 2.01. The van der Waals surface area contributed by atoms with Crippen LogP contribution in [0.4, 0.5) is 0 Å². The van der Waals surface area contributed by atoms with Crippen LogP contribution in [0, 0.1) is 11.3 Å². The van der Waals surface area contributed by atoms with E-state index >= 15 is 0 Å². The summed E-state index contributed by atoms with van der Waals surface area (Å²) in [5, 5.41) is 8.45. The Kier molecular flexibility index (Phi) is 3.41. The summed E-state index contributed by atoms with van der Waals surface area (Å²) in [7, 11) is 0. The number of hydrogen-bond acceptors (Lipinski definition) is 3. The zero-order valence-corrected chi connectivity index (χ0v) is 8.14. The lowest BCUT2D eigenvalue weighted by atomic mass is 10.1. The van der Waals surface area contributed by atoms with Gasteiger partial charge >= 0.3 is 0 Å². The lowest BCUT2D eigenvalue weighted by Crippen LogP contribution is -1.97. The van der Waals surface area contributed by atoms with E-state index in [4.69, 9.17) is 11.0 Å². The number of thioether (sulfide) groups is 1. The Bertz CT molecular complexity index is 363. The highest BCUT2D eigenvalue weighted by molar-refractivity contribution is 7.98.